The number of hydrogen-bond acceptors (Lipinski definition) is 3. The number of quaternary nitrogens is 1. The standard InChI is InChI=1S/C19H21Cl2N3O2/c1-13(19(26)22-16-11-14(20)10-15(21)12-16)23-6-8-24(9-7-23)17-4-2-3-5-18(17)25/h2-5,10-13,25H,6-9H2,1H3,(H,22,26)/p+1/t13-/m0/s1. The monoisotopic (exact) mass is 394 g/mol. The van der Waals surface area contributed by atoms with Gasteiger partial charge >= 0.3 is 0 Å². The second-order valence-electron chi connectivity index (χ2n) is 6.50. The Hall–Kier alpha value is -1.95. The number of phenols is 1. The van der Waals surface area contributed by atoms with Crippen molar-refractivity contribution in [1.82, 2.24) is 0 Å². The first-order valence-corrected chi connectivity index (χ1v) is 9.34. The number of amides is 1. The zero-order valence-corrected chi connectivity index (χ0v) is 16.0. The van der Waals surface area contributed by atoms with Gasteiger partial charge in [-0.25, -0.2) is 0 Å². The molecule has 0 aromatic heterocycles. The summed E-state index contributed by atoms with van der Waals surface area (Å²) < 4.78 is 0. The van der Waals surface area contributed by atoms with Crippen LogP contribution in [0.4, 0.5) is 11.4 Å². The molecule has 1 heterocycles. The average molecular weight is 395 g/mol. The van der Waals surface area contributed by atoms with E-state index in [9.17, 15) is 9.90 Å². The van der Waals surface area contributed by atoms with Gasteiger partial charge in [-0.2, -0.15) is 0 Å². The highest BCUT2D eigenvalue weighted by atomic mass is 35.5. The maximum atomic E-state index is 12.6. The molecule has 2 aromatic rings. The zero-order valence-electron chi connectivity index (χ0n) is 14.5. The highest BCUT2D eigenvalue weighted by Crippen LogP contribution is 2.26. The second-order valence-corrected chi connectivity index (χ2v) is 7.38. The van der Waals surface area contributed by atoms with Gasteiger partial charge in [0.05, 0.1) is 31.9 Å². The number of rotatable bonds is 4. The number of carbonyl (C=O) groups is 1. The Bertz CT molecular complexity index is 772. The summed E-state index contributed by atoms with van der Waals surface area (Å²) in [6.07, 6.45) is 0. The van der Waals surface area contributed by atoms with Crippen LogP contribution in [0.5, 0.6) is 5.75 Å². The molecule has 1 aliphatic heterocycles. The van der Waals surface area contributed by atoms with Gasteiger partial charge in [0.15, 0.2) is 6.04 Å². The first-order chi connectivity index (χ1) is 12.4. The van der Waals surface area contributed by atoms with Gasteiger partial charge in [0.1, 0.15) is 5.75 Å². The van der Waals surface area contributed by atoms with E-state index in [1.165, 1.54) is 4.90 Å². The lowest BCUT2D eigenvalue weighted by Gasteiger charge is -2.36. The first kappa shape index (κ1) is 18.8. The molecular formula is C19H22Cl2N3O2+. The maximum absolute atomic E-state index is 12.6. The number of halogens is 2. The third kappa shape index (κ3) is 4.41. The van der Waals surface area contributed by atoms with Crippen molar-refractivity contribution in [3.63, 3.8) is 0 Å². The number of nitrogens with zero attached hydrogens (tertiary/aromatic N) is 1. The molecule has 1 amide bonds. The van der Waals surface area contributed by atoms with Gasteiger partial charge in [-0.3, -0.25) is 4.79 Å². The number of anilines is 2. The van der Waals surface area contributed by atoms with E-state index >= 15 is 0 Å². The molecule has 0 unspecified atom stereocenters. The van der Waals surface area contributed by atoms with E-state index in [0.717, 1.165) is 31.9 Å². The molecule has 0 saturated carbocycles. The fourth-order valence-electron chi connectivity index (χ4n) is 3.26. The molecule has 5 nitrogen and oxygen atoms in total. The highest BCUT2D eigenvalue weighted by Gasteiger charge is 2.30. The summed E-state index contributed by atoms with van der Waals surface area (Å²) in [5, 5.41) is 13.9. The fraction of sp³-hybridized carbons (Fsp3) is 0.316. The Morgan fingerprint density at radius 3 is 2.38 bits per heavy atom. The van der Waals surface area contributed by atoms with E-state index in [2.05, 4.69) is 10.2 Å². The molecule has 0 aliphatic carbocycles. The molecule has 3 N–H and O–H groups in total. The van der Waals surface area contributed by atoms with Gasteiger partial charge in [0, 0.05) is 15.7 Å². The number of phenolic OH excluding ortho intramolecular Hbond substituents is 1. The molecule has 0 spiro atoms. The smallest absolute Gasteiger partial charge is 0.282 e. The van der Waals surface area contributed by atoms with Gasteiger partial charge in [-0.15, -0.1) is 0 Å². The van der Waals surface area contributed by atoms with Gasteiger partial charge in [0.2, 0.25) is 0 Å². The average Bonchev–Trinajstić information content (AvgIpc) is 2.61. The Morgan fingerprint density at radius 2 is 1.77 bits per heavy atom. The summed E-state index contributed by atoms with van der Waals surface area (Å²) >= 11 is 12.0. The molecule has 7 heteroatoms. The van der Waals surface area contributed by atoms with Crippen LogP contribution in [-0.4, -0.2) is 43.2 Å². The van der Waals surface area contributed by atoms with Crippen LogP contribution in [0.2, 0.25) is 10.0 Å². The second kappa shape index (κ2) is 8.16. The molecule has 0 bridgehead atoms. The minimum absolute atomic E-state index is 0.0608. The lowest BCUT2D eigenvalue weighted by Crippen LogP contribution is -3.19. The normalized spacial score (nSPS) is 16.3. The first-order valence-electron chi connectivity index (χ1n) is 8.58. The number of aromatic hydroxyl groups is 1. The van der Waals surface area contributed by atoms with E-state index in [-0.39, 0.29) is 11.9 Å². The van der Waals surface area contributed by atoms with Crippen molar-refractivity contribution in [3.05, 3.63) is 52.5 Å². The summed E-state index contributed by atoms with van der Waals surface area (Å²) in [6, 6.07) is 12.1. The molecule has 138 valence electrons. The van der Waals surface area contributed by atoms with Gasteiger partial charge in [-0.05, 0) is 37.3 Å². The molecule has 1 saturated heterocycles. The van der Waals surface area contributed by atoms with E-state index < -0.39 is 0 Å². The Morgan fingerprint density at radius 1 is 1.15 bits per heavy atom. The van der Waals surface area contributed by atoms with E-state index in [4.69, 9.17) is 23.2 Å². The fourth-order valence-corrected chi connectivity index (χ4v) is 3.79. The Kier molecular flexibility index (Phi) is 5.91. The SMILES string of the molecule is C[C@@H](C(=O)Nc1cc(Cl)cc(Cl)c1)[NH+]1CCN(c2ccccc2O)CC1. The lowest BCUT2D eigenvalue weighted by molar-refractivity contribution is -0.914. The number of hydrogen-bond donors (Lipinski definition) is 3. The molecular weight excluding hydrogens is 373 g/mol. The molecule has 3 rings (SSSR count). The van der Waals surface area contributed by atoms with Crippen molar-refractivity contribution < 1.29 is 14.8 Å². The molecule has 1 aliphatic rings. The Labute approximate surface area is 163 Å². The third-order valence-corrected chi connectivity index (χ3v) is 5.20. The van der Waals surface area contributed by atoms with Crippen molar-refractivity contribution in [2.24, 2.45) is 0 Å². The van der Waals surface area contributed by atoms with Crippen LogP contribution in [0.3, 0.4) is 0 Å². The third-order valence-electron chi connectivity index (χ3n) is 4.76. The summed E-state index contributed by atoms with van der Waals surface area (Å²) in [5.41, 5.74) is 1.45. The van der Waals surface area contributed by atoms with Crippen LogP contribution < -0.4 is 15.1 Å². The van der Waals surface area contributed by atoms with E-state index in [1.807, 2.05) is 25.1 Å². The molecule has 2 aromatic carbocycles. The number of piperazine rings is 1. The molecule has 1 atom stereocenters. The summed E-state index contributed by atoms with van der Waals surface area (Å²) in [5.74, 6) is 0.230. The van der Waals surface area contributed by atoms with Crippen LogP contribution in [0, 0.1) is 0 Å². The van der Waals surface area contributed by atoms with Crippen LogP contribution in [0.1, 0.15) is 6.92 Å². The predicted molar refractivity (Wildman–Crippen MR) is 106 cm³/mol. The summed E-state index contributed by atoms with van der Waals surface area (Å²) in [4.78, 5) is 15.9. The number of benzene rings is 2. The quantitative estimate of drug-likeness (QED) is 0.746. The maximum Gasteiger partial charge on any atom is 0.282 e. The van der Waals surface area contributed by atoms with Crippen molar-refractivity contribution in [3.8, 4) is 5.75 Å². The minimum Gasteiger partial charge on any atom is -0.506 e. The van der Waals surface area contributed by atoms with Crippen molar-refractivity contribution in [1.29, 1.82) is 0 Å². The largest absolute Gasteiger partial charge is 0.506 e. The molecule has 26 heavy (non-hydrogen) atoms. The van der Waals surface area contributed by atoms with Crippen LogP contribution in [0.25, 0.3) is 0 Å². The number of carbonyl (C=O) groups excluding carboxylic acids is 1. The highest BCUT2D eigenvalue weighted by molar-refractivity contribution is 6.35. The lowest BCUT2D eigenvalue weighted by atomic mass is 10.2. The van der Waals surface area contributed by atoms with E-state index in [1.54, 1.807) is 24.3 Å². The van der Waals surface area contributed by atoms with Gasteiger partial charge in [-0.1, -0.05) is 35.3 Å². The molecule has 0 radical (unpaired) electrons. The zero-order chi connectivity index (χ0) is 18.7. The van der Waals surface area contributed by atoms with Crippen molar-refractivity contribution >= 4 is 40.5 Å². The summed E-state index contributed by atoms with van der Waals surface area (Å²) in [6.45, 7) is 5.13. The summed E-state index contributed by atoms with van der Waals surface area (Å²) in [7, 11) is 0. The van der Waals surface area contributed by atoms with Crippen LogP contribution in [0.15, 0.2) is 42.5 Å². The van der Waals surface area contributed by atoms with Gasteiger partial charge in [0.25, 0.3) is 5.91 Å². The minimum atomic E-state index is -0.195. The van der Waals surface area contributed by atoms with Crippen LogP contribution in [-0.2, 0) is 4.79 Å². The van der Waals surface area contributed by atoms with Crippen LogP contribution >= 0.6 is 23.2 Å². The van der Waals surface area contributed by atoms with Gasteiger partial charge < -0.3 is 20.2 Å². The predicted octanol–water partition coefficient (Wildman–Crippen LogP) is 2.43. The number of para-hydroxylation sites is 2. The molecule has 1 fully saturated rings. The number of nitrogens with one attached hydrogen (secondary N) is 2. The van der Waals surface area contributed by atoms with Crippen molar-refractivity contribution in [2.45, 2.75) is 13.0 Å². The van der Waals surface area contributed by atoms with Crippen molar-refractivity contribution in [2.75, 3.05) is 36.4 Å². The Balaban J connectivity index is 1.58. The topological polar surface area (TPSA) is 57.0 Å². The van der Waals surface area contributed by atoms with E-state index in [0.29, 0.717) is 21.5 Å².